The Morgan fingerprint density at radius 2 is 1.74 bits per heavy atom. The second-order valence-electron chi connectivity index (χ2n) is 9.03. The minimum absolute atomic E-state index is 0.360. The van der Waals surface area contributed by atoms with Crippen LogP contribution in [0, 0.1) is 5.92 Å². The fourth-order valence-corrected chi connectivity index (χ4v) is 4.54. The summed E-state index contributed by atoms with van der Waals surface area (Å²) in [6, 6.07) is 8.85. The molecule has 0 spiro atoms. The highest BCUT2D eigenvalue weighted by Crippen LogP contribution is 2.20. The Hall–Kier alpha value is -1.63. The third-order valence-corrected chi connectivity index (χ3v) is 6.63. The highest BCUT2D eigenvalue weighted by Gasteiger charge is 2.22. The predicted molar refractivity (Wildman–Crippen MR) is 127 cm³/mol. The van der Waals surface area contributed by atoms with Crippen LogP contribution in [0.25, 0.3) is 0 Å². The summed E-state index contributed by atoms with van der Waals surface area (Å²) in [6.07, 6.45) is 6.07. The maximum Gasteiger partial charge on any atom is 0.193 e. The minimum Gasteiger partial charge on any atom is -0.385 e. The first-order valence-electron chi connectivity index (χ1n) is 12.0. The van der Waals surface area contributed by atoms with E-state index in [9.17, 15) is 0 Å². The van der Waals surface area contributed by atoms with Crippen LogP contribution in [0.2, 0.25) is 0 Å². The molecule has 2 fully saturated rings. The van der Waals surface area contributed by atoms with Gasteiger partial charge in [-0.15, -0.1) is 0 Å². The molecule has 6 nitrogen and oxygen atoms in total. The van der Waals surface area contributed by atoms with Gasteiger partial charge in [-0.2, -0.15) is 0 Å². The number of piperidine rings is 2. The summed E-state index contributed by atoms with van der Waals surface area (Å²) in [4.78, 5) is 9.52. The molecule has 6 heteroatoms. The zero-order chi connectivity index (χ0) is 21.9. The molecule has 0 saturated carbocycles. The minimum atomic E-state index is 0.360. The van der Waals surface area contributed by atoms with Crippen LogP contribution < -0.4 is 5.32 Å². The molecule has 0 bridgehead atoms. The van der Waals surface area contributed by atoms with E-state index in [1.54, 1.807) is 7.11 Å². The molecule has 0 aromatic heterocycles. The number of methoxy groups -OCH3 is 1. The maximum atomic E-state index is 6.00. The monoisotopic (exact) mass is 430 g/mol. The number of aliphatic imine (C=N–C) groups is 1. The van der Waals surface area contributed by atoms with Crippen LogP contribution >= 0.6 is 0 Å². The summed E-state index contributed by atoms with van der Waals surface area (Å²) in [7, 11) is 3.63. The summed E-state index contributed by atoms with van der Waals surface area (Å²) in [6.45, 7) is 10.2. The van der Waals surface area contributed by atoms with Gasteiger partial charge in [-0.25, -0.2) is 0 Å². The van der Waals surface area contributed by atoms with Gasteiger partial charge in [-0.3, -0.25) is 9.89 Å². The molecular formula is C25H42N4O2. The van der Waals surface area contributed by atoms with E-state index in [4.69, 9.17) is 9.47 Å². The molecule has 0 aliphatic carbocycles. The molecule has 1 N–H and O–H groups in total. The number of hydrogen-bond acceptors (Lipinski definition) is 4. The van der Waals surface area contributed by atoms with Crippen molar-refractivity contribution < 1.29 is 9.47 Å². The Morgan fingerprint density at radius 3 is 2.42 bits per heavy atom. The number of ether oxygens (including phenoxy) is 2. The molecule has 174 valence electrons. The first-order valence-corrected chi connectivity index (χ1v) is 12.0. The van der Waals surface area contributed by atoms with E-state index in [2.05, 4.69) is 51.3 Å². The van der Waals surface area contributed by atoms with Crippen molar-refractivity contribution in [2.75, 3.05) is 53.6 Å². The highest BCUT2D eigenvalue weighted by molar-refractivity contribution is 5.80. The highest BCUT2D eigenvalue weighted by atomic mass is 16.5. The molecule has 2 aliphatic heterocycles. The molecule has 2 heterocycles. The van der Waals surface area contributed by atoms with E-state index in [0.29, 0.717) is 6.10 Å². The zero-order valence-electron chi connectivity index (χ0n) is 19.8. The van der Waals surface area contributed by atoms with Gasteiger partial charge in [0.1, 0.15) is 0 Å². The van der Waals surface area contributed by atoms with Crippen molar-refractivity contribution in [2.24, 2.45) is 10.9 Å². The van der Waals surface area contributed by atoms with E-state index >= 15 is 0 Å². The molecule has 3 rings (SSSR count). The molecule has 1 aromatic rings. The summed E-state index contributed by atoms with van der Waals surface area (Å²) in [5.74, 6) is 1.87. The topological polar surface area (TPSA) is 49.3 Å². The Labute approximate surface area is 189 Å². The van der Waals surface area contributed by atoms with Crippen LogP contribution in [0.4, 0.5) is 0 Å². The number of benzene rings is 1. The fraction of sp³-hybridized carbons (Fsp3) is 0.720. The van der Waals surface area contributed by atoms with Gasteiger partial charge in [0, 0.05) is 53.6 Å². The van der Waals surface area contributed by atoms with Gasteiger partial charge >= 0.3 is 0 Å². The molecule has 0 atom stereocenters. The average molecular weight is 431 g/mol. The van der Waals surface area contributed by atoms with Gasteiger partial charge in [-0.05, 0) is 62.2 Å². The van der Waals surface area contributed by atoms with Gasteiger partial charge in [0.15, 0.2) is 5.96 Å². The van der Waals surface area contributed by atoms with E-state index < -0.39 is 0 Å². The van der Waals surface area contributed by atoms with Crippen molar-refractivity contribution in [1.82, 2.24) is 15.1 Å². The number of rotatable bonds is 9. The average Bonchev–Trinajstić information content (AvgIpc) is 2.80. The van der Waals surface area contributed by atoms with E-state index in [1.165, 1.54) is 37.1 Å². The summed E-state index contributed by atoms with van der Waals surface area (Å²) >= 11 is 0. The largest absolute Gasteiger partial charge is 0.385 e. The SMILES string of the molecule is CN=C(NCc1ccccc1CN1CCC(C)CC1)N1CCC(OCCCOC)CC1. The predicted octanol–water partition coefficient (Wildman–Crippen LogP) is 3.51. The second kappa shape index (κ2) is 13.0. The van der Waals surface area contributed by atoms with E-state index in [0.717, 1.165) is 70.5 Å². The molecule has 0 radical (unpaired) electrons. The molecule has 2 aliphatic rings. The van der Waals surface area contributed by atoms with Gasteiger partial charge in [0.25, 0.3) is 0 Å². The standard InChI is InChI=1S/C25H42N4O2/c1-21-9-13-28(14-10-21)20-23-8-5-4-7-22(23)19-27-25(26-2)29-15-11-24(12-16-29)31-18-6-17-30-3/h4-5,7-8,21,24H,6,9-20H2,1-3H3,(H,26,27). The van der Waals surface area contributed by atoms with Crippen LogP contribution in [0.15, 0.2) is 29.3 Å². The number of guanidine groups is 1. The first kappa shape index (κ1) is 24.0. The Morgan fingerprint density at radius 1 is 1.03 bits per heavy atom. The maximum absolute atomic E-state index is 6.00. The third-order valence-electron chi connectivity index (χ3n) is 6.63. The fourth-order valence-electron chi connectivity index (χ4n) is 4.54. The lowest BCUT2D eigenvalue weighted by molar-refractivity contribution is 0.00989. The summed E-state index contributed by atoms with van der Waals surface area (Å²) < 4.78 is 11.1. The summed E-state index contributed by atoms with van der Waals surface area (Å²) in [5.41, 5.74) is 2.81. The lowest BCUT2D eigenvalue weighted by Gasteiger charge is -2.34. The lowest BCUT2D eigenvalue weighted by Crippen LogP contribution is -2.46. The van der Waals surface area contributed by atoms with Crippen molar-refractivity contribution in [3.8, 4) is 0 Å². The van der Waals surface area contributed by atoms with Crippen LogP contribution in [0.1, 0.15) is 50.2 Å². The quantitative estimate of drug-likeness (QED) is 0.369. The molecule has 0 amide bonds. The number of nitrogens with zero attached hydrogens (tertiary/aromatic N) is 3. The number of nitrogens with one attached hydrogen (secondary N) is 1. The van der Waals surface area contributed by atoms with Gasteiger partial charge in [0.05, 0.1) is 6.10 Å². The normalized spacial score (nSPS) is 19.7. The van der Waals surface area contributed by atoms with Crippen molar-refractivity contribution in [2.45, 2.75) is 58.2 Å². The Balaban J connectivity index is 1.46. The van der Waals surface area contributed by atoms with Crippen molar-refractivity contribution in [3.63, 3.8) is 0 Å². The van der Waals surface area contributed by atoms with Crippen molar-refractivity contribution >= 4 is 5.96 Å². The van der Waals surface area contributed by atoms with Crippen LogP contribution in [-0.4, -0.2) is 75.4 Å². The van der Waals surface area contributed by atoms with E-state index in [-0.39, 0.29) is 0 Å². The number of hydrogen-bond donors (Lipinski definition) is 1. The van der Waals surface area contributed by atoms with Crippen LogP contribution in [0.3, 0.4) is 0 Å². The molecule has 31 heavy (non-hydrogen) atoms. The van der Waals surface area contributed by atoms with Crippen LogP contribution in [0.5, 0.6) is 0 Å². The second-order valence-corrected chi connectivity index (χ2v) is 9.03. The summed E-state index contributed by atoms with van der Waals surface area (Å²) in [5, 5.41) is 3.61. The lowest BCUT2D eigenvalue weighted by atomic mass is 9.98. The van der Waals surface area contributed by atoms with Crippen LogP contribution in [-0.2, 0) is 22.6 Å². The molecule has 0 unspecified atom stereocenters. The smallest absolute Gasteiger partial charge is 0.193 e. The Bertz CT molecular complexity index is 665. The van der Waals surface area contributed by atoms with Crippen molar-refractivity contribution in [3.05, 3.63) is 35.4 Å². The number of likely N-dealkylation sites (tertiary alicyclic amines) is 2. The Kier molecular flexibility index (Phi) is 10.1. The van der Waals surface area contributed by atoms with Gasteiger partial charge < -0.3 is 19.7 Å². The molecule has 1 aromatic carbocycles. The van der Waals surface area contributed by atoms with Crippen molar-refractivity contribution in [1.29, 1.82) is 0 Å². The van der Waals surface area contributed by atoms with Gasteiger partial charge in [0.2, 0.25) is 0 Å². The first-order chi connectivity index (χ1) is 15.2. The third kappa shape index (κ3) is 7.78. The molecule has 2 saturated heterocycles. The van der Waals surface area contributed by atoms with Gasteiger partial charge in [-0.1, -0.05) is 31.2 Å². The van der Waals surface area contributed by atoms with E-state index in [1.807, 2.05) is 7.05 Å². The zero-order valence-corrected chi connectivity index (χ0v) is 19.8. The molecular weight excluding hydrogens is 388 g/mol.